The van der Waals surface area contributed by atoms with Crippen LogP contribution in [0.3, 0.4) is 0 Å². The van der Waals surface area contributed by atoms with Gasteiger partial charge in [0, 0.05) is 29.7 Å². The zero-order chi connectivity index (χ0) is 22.6. The van der Waals surface area contributed by atoms with Crippen LogP contribution in [-0.4, -0.2) is 32.0 Å². The van der Waals surface area contributed by atoms with Gasteiger partial charge in [-0.05, 0) is 48.5 Å². The summed E-state index contributed by atoms with van der Waals surface area (Å²) < 4.78 is 48.2. The van der Waals surface area contributed by atoms with E-state index in [1.54, 1.807) is 59.7 Å². The van der Waals surface area contributed by atoms with Crippen molar-refractivity contribution in [2.75, 3.05) is 5.32 Å². The van der Waals surface area contributed by atoms with Gasteiger partial charge in [-0.2, -0.15) is 0 Å². The highest BCUT2D eigenvalue weighted by Gasteiger charge is 2.31. The quantitative estimate of drug-likeness (QED) is 0.470. The molecule has 8 nitrogen and oxygen atoms in total. The van der Waals surface area contributed by atoms with Gasteiger partial charge in [0.1, 0.15) is 17.8 Å². The lowest BCUT2D eigenvalue weighted by Gasteiger charge is -2.10. The fourth-order valence-corrected chi connectivity index (χ4v) is 2.66. The first-order valence-electron chi connectivity index (χ1n) is 9.13. The first-order valence-corrected chi connectivity index (χ1v) is 9.13. The van der Waals surface area contributed by atoms with E-state index in [-0.39, 0.29) is 11.4 Å². The van der Waals surface area contributed by atoms with Gasteiger partial charge in [0.2, 0.25) is 5.88 Å². The molecule has 1 amide bonds. The summed E-state index contributed by atoms with van der Waals surface area (Å²) in [7, 11) is 0. The number of alkyl halides is 3. The van der Waals surface area contributed by atoms with Crippen molar-refractivity contribution in [2.45, 2.75) is 6.36 Å². The van der Waals surface area contributed by atoms with Crippen molar-refractivity contribution < 1.29 is 27.4 Å². The van der Waals surface area contributed by atoms with Crippen molar-refractivity contribution in [3.05, 3.63) is 84.9 Å². The summed E-state index contributed by atoms with van der Waals surface area (Å²) in [5.74, 6) is 0.235. The van der Waals surface area contributed by atoms with E-state index < -0.39 is 18.0 Å². The summed E-state index contributed by atoms with van der Waals surface area (Å²) in [4.78, 5) is 16.3. The van der Waals surface area contributed by atoms with Crippen LogP contribution in [0.5, 0.6) is 17.4 Å². The Morgan fingerprint density at radius 2 is 1.78 bits per heavy atom. The van der Waals surface area contributed by atoms with Crippen LogP contribution in [0.25, 0.3) is 5.82 Å². The second kappa shape index (κ2) is 8.76. The van der Waals surface area contributed by atoms with Crippen LogP contribution in [-0.2, 0) is 0 Å². The lowest BCUT2D eigenvalue weighted by atomic mass is 10.2. The maximum Gasteiger partial charge on any atom is 0.573 e. The molecule has 0 bridgehead atoms. The van der Waals surface area contributed by atoms with Crippen LogP contribution < -0.4 is 14.8 Å². The van der Waals surface area contributed by atoms with E-state index in [1.807, 2.05) is 0 Å². The highest BCUT2D eigenvalue weighted by atomic mass is 19.4. The fourth-order valence-electron chi connectivity index (χ4n) is 2.66. The summed E-state index contributed by atoms with van der Waals surface area (Å²) in [6, 6.07) is 14.5. The number of ether oxygens (including phenoxy) is 2. The zero-order valence-corrected chi connectivity index (χ0v) is 16.2. The van der Waals surface area contributed by atoms with E-state index in [1.165, 1.54) is 12.1 Å². The van der Waals surface area contributed by atoms with Gasteiger partial charge >= 0.3 is 6.36 Å². The monoisotopic (exact) mass is 441 g/mol. The number of halogens is 3. The summed E-state index contributed by atoms with van der Waals surface area (Å²) in [5, 5.41) is 10.6. The van der Waals surface area contributed by atoms with Crippen LogP contribution in [0.1, 0.15) is 10.4 Å². The van der Waals surface area contributed by atoms with Crippen LogP contribution in [0.2, 0.25) is 0 Å². The first-order chi connectivity index (χ1) is 15.4. The molecular formula is C21H14F3N5O3. The van der Waals surface area contributed by atoms with Crippen molar-refractivity contribution in [2.24, 2.45) is 0 Å². The summed E-state index contributed by atoms with van der Waals surface area (Å²) >= 11 is 0. The average molecular weight is 441 g/mol. The van der Waals surface area contributed by atoms with Crippen LogP contribution in [0, 0.1) is 0 Å². The molecule has 0 radical (unpaired) electrons. The Hall–Kier alpha value is -4.41. The van der Waals surface area contributed by atoms with Crippen molar-refractivity contribution in [3.8, 4) is 23.2 Å². The van der Waals surface area contributed by atoms with E-state index in [0.29, 0.717) is 17.3 Å². The van der Waals surface area contributed by atoms with Gasteiger partial charge in [-0.1, -0.05) is 6.07 Å². The highest BCUT2D eigenvalue weighted by molar-refractivity contribution is 6.04. The minimum atomic E-state index is -4.84. The predicted octanol–water partition coefficient (Wildman–Crippen LogP) is 4.61. The molecule has 0 fully saturated rings. The van der Waals surface area contributed by atoms with E-state index in [2.05, 4.69) is 25.2 Å². The molecule has 0 saturated carbocycles. The molecule has 11 heteroatoms. The van der Waals surface area contributed by atoms with Crippen LogP contribution in [0.15, 0.2) is 79.4 Å². The Bertz CT molecular complexity index is 1190. The molecule has 0 spiro atoms. The number of imidazole rings is 1. The van der Waals surface area contributed by atoms with E-state index in [4.69, 9.17) is 4.74 Å². The third-order valence-electron chi connectivity index (χ3n) is 4.06. The van der Waals surface area contributed by atoms with Gasteiger partial charge < -0.3 is 14.8 Å². The number of rotatable bonds is 6. The third-order valence-corrected chi connectivity index (χ3v) is 4.06. The molecule has 0 aliphatic heterocycles. The van der Waals surface area contributed by atoms with Crippen molar-refractivity contribution in [3.63, 3.8) is 0 Å². The molecule has 32 heavy (non-hydrogen) atoms. The molecule has 0 saturated heterocycles. The number of aromatic nitrogens is 4. The zero-order valence-electron chi connectivity index (χ0n) is 16.2. The van der Waals surface area contributed by atoms with Gasteiger partial charge in [-0.15, -0.1) is 23.4 Å². The number of benzene rings is 2. The number of hydrogen-bond donors (Lipinski definition) is 1. The lowest BCUT2D eigenvalue weighted by Crippen LogP contribution is -2.18. The largest absolute Gasteiger partial charge is 0.573 e. The van der Waals surface area contributed by atoms with Gasteiger partial charge in [0.25, 0.3) is 5.91 Å². The highest BCUT2D eigenvalue weighted by Crippen LogP contribution is 2.25. The van der Waals surface area contributed by atoms with Crippen molar-refractivity contribution >= 4 is 11.6 Å². The molecule has 0 atom stereocenters. The van der Waals surface area contributed by atoms with Gasteiger partial charge in [0.05, 0.1) is 0 Å². The maximum atomic E-state index is 12.4. The first kappa shape index (κ1) is 20.8. The number of hydrogen-bond acceptors (Lipinski definition) is 6. The number of nitrogens with zero attached hydrogens (tertiary/aromatic N) is 4. The smallest absolute Gasteiger partial charge is 0.438 e. The van der Waals surface area contributed by atoms with E-state index >= 15 is 0 Å². The molecular weight excluding hydrogens is 427 g/mol. The molecule has 2 heterocycles. The topological polar surface area (TPSA) is 91.2 Å². The van der Waals surface area contributed by atoms with E-state index in [0.717, 1.165) is 12.1 Å². The molecule has 1 N–H and O–H groups in total. The summed E-state index contributed by atoms with van der Waals surface area (Å²) in [6.45, 7) is 0. The van der Waals surface area contributed by atoms with E-state index in [9.17, 15) is 18.0 Å². The molecule has 0 unspecified atom stereocenters. The third kappa shape index (κ3) is 5.39. The Balaban J connectivity index is 1.37. The fraction of sp³-hybridized carbons (Fsp3) is 0.0476. The Kier molecular flexibility index (Phi) is 5.71. The Morgan fingerprint density at radius 3 is 2.44 bits per heavy atom. The second-order valence-corrected chi connectivity index (χ2v) is 6.36. The number of nitrogens with one attached hydrogen (secondary N) is 1. The minimum Gasteiger partial charge on any atom is -0.438 e. The lowest BCUT2D eigenvalue weighted by molar-refractivity contribution is -0.274. The van der Waals surface area contributed by atoms with Gasteiger partial charge in [-0.3, -0.25) is 9.36 Å². The SMILES string of the molecule is O=C(Nc1ccc(Oc2ccc(-n3ccnc3)nn2)cc1)c1cccc(OC(F)(F)F)c1. The molecule has 0 aliphatic carbocycles. The molecule has 2 aromatic heterocycles. The normalized spacial score (nSPS) is 11.1. The predicted molar refractivity (Wildman–Crippen MR) is 107 cm³/mol. The van der Waals surface area contributed by atoms with Crippen molar-refractivity contribution in [1.29, 1.82) is 0 Å². The van der Waals surface area contributed by atoms with Crippen molar-refractivity contribution in [1.82, 2.24) is 19.7 Å². The maximum absolute atomic E-state index is 12.4. The number of carbonyl (C=O) groups is 1. The van der Waals surface area contributed by atoms with Gasteiger partial charge in [-0.25, -0.2) is 4.98 Å². The Morgan fingerprint density at radius 1 is 0.969 bits per heavy atom. The molecule has 0 aliphatic rings. The minimum absolute atomic E-state index is 0.0142. The molecule has 162 valence electrons. The average Bonchev–Trinajstić information content (AvgIpc) is 3.30. The molecule has 4 rings (SSSR count). The second-order valence-electron chi connectivity index (χ2n) is 6.36. The Labute approximate surface area is 179 Å². The van der Waals surface area contributed by atoms with Crippen LogP contribution in [0.4, 0.5) is 18.9 Å². The van der Waals surface area contributed by atoms with Gasteiger partial charge in [0.15, 0.2) is 5.82 Å². The van der Waals surface area contributed by atoms with Crippen LogP contribution >= 0.6 is 0 Å². The summed E-state index contributed by atoms with van der Waals surface area (Å²) in [5.41, 5.74) is 0.436. The molecule has 2 aromatic carbocycles. The number of anilines is 1. The number of amides is 1. The molecule has 4 aromatic rings. The number of carbonyl (C=O) groups excluding carboxylic acids is 1. The standard InChI is InChI=1S/C21H14F3N5O3/c22-21(23,24)32-17-3-1-2-14(12-17)20(30)26-15-4-6-16(7-5-15)31-19-9-8-18(27-28-19)29-11-10-25-13-29/h1-13H,(H,26,30). The summed E-state index contributed by atoms with van der Waals surface area (Å²) in [6.07, 6.45) is 0.114.